The number of nitrogens with one attached hydrogen (secondary N) is 2. The van der Waals surface area contributed by atoms with Crippen molar-refractivity contribution in [3.63, 3.8) is 0 Å². The molecule has 150 valence electrons. The highest BCUT2D eigenvalue weighted by atomic mass is 127. The van der Waals surface area contributed by atoms with Gasteiger partial charge in [0, 0.05) is 39.3 Å². The van der Waals surface area contributed by atoms with Crippen LogP contribution in [0.3, 0.4) is 0 Å². The molecule has 0 spiro atoms. The molecule has 0 aliphatic rings. The standard InChI is InChI=1S/C17H30N4O3S.HI/c1-5-24-16-11-8-7-10-15(16)14-20-17(18-3)19-12-9-13-21(4)25(22,23)6-2;/h7-8,10-11H,5-6,9,12-14H2,1-4H3,(H2,18,19,20);1H. The Morgan fingerprint density at radius 3 is 2.54 bits per heavy atom. The lowest BCUT2D eigenvalue weighted by atomic mass is 10.2. The van der Waals surface area contributed by atoms with E-state index in [2.05, 4.69) is 15.6 Å². The van der Waals surface area contributed by atoms with Crippen LogP contribution in [0.25, 0.3) is 0 Å². The number of guanidine groups is 1. The molecule has 0 heterocycles. The van der Waals surface area contributed by atoms with E-state index in [-0.39, 0.29) is 29.7 Å². The van der Waals surface area contributed by atoms with Crippen LogP contribution < -0.4 is 15.4 Å². The number of aliphatic imine (C=N–C) groups is 1. The number of halogens is 1. The van der Waals surface area contributed by atoms with Gasteiger partial charge in [0.15, 0.2) is 5.96 Å². The van der Waals surface area contributed by atoms with E-state index < -0.39 is 10.0 Å². The Bertz CT molecular complexity index is 653. The van der Waals surface area contributed by atoms with E-state index in [1.165, 1.54) is 4.31 Å². The lowest BCUT2D eigenvalue weighted by Crippen LogP contribution is -2.38. The Morgan fingerprint density at radius 2 is 1.92 bits per heavy atom. The van der Waals surface area contributed by atoms with Gasteiger partial charge in [0.2, 0.25) is 10.0 Å². The highest BCUT2D eigenvalue weighted by Gasteiger charge is 2.14. The highest BCUT2D eigenvalue weighted by molar-refractivity contribution is 14.0. The predicted molar refractivity (Wildman–Crippen MR) is 118 cm³/mol. The maximum absolute atomic E-state index is 11.7. The fourth-order valence-corrected chi connectivity index (χ4v) is 3.06. The maximum Gasteiger partial charge on any atom is 0.213 e. The van der Waals surface area contributed by atoms with Gasteiger partial charge in [-0.3, -0.25) is 4.99 Å². The summed E-state index contributed by atoms with van der Waals surface area (Å²) in [5.41, 5.74) is 1.06. The van der Waals surface area contributed by atoms with E-state index in [1.807, 2.05) is 31.2 Å². The first kappa shape index (κ1) is 24.9. The SMILES string of the molecule is CCOc1ccccc1CNC(=NC)NCCCN(C)S(=O)(=O)CC.I. The molecular formula is C17H31IN4O3S. The summed E-state index contributed by atoms with van der Waals surface area (Å²) in [4.78, 5) is 4.18. The smallest absolute Gasteiger partial charge is 0.213 e. The third-order valence-electron chi connectivity index (χ3n) is 3.72. The Hall–Kier alpha value is -1.07. The van der Waals surface area contributed by atoms with Crippen molar-refractivity contribution >= 4 is 40.0 Å². The first-order valence-corrected chi connectivity index (χ1v) is 10.1. The third kappa shape index (κ3) is 8.54. The Labute approximate surface area is 174 Å². The molecular weight excluding hydrogens is 467 g/mol. The molecule has 0 fully saturated rings. The Morgan fingerprint density at radius 1 is 1.23 bits per heavy atom. The van der Waals surface area contributed by atoms with Crippen LogP contribution in [0.2, 0.25) is 0 Å². The lowest BCUT2D eigenvalue weighted by Gasteiger charge is -2.17. The predicted octanol–water partition coefficient (Wildman–Crippen LogP) is 2.04. The van der Waals surface area contributed by atoms with E-state index >= 15 is 0 Å². The molecule has 1 rings (SSSR count). The van der Waals surface area contributed by atoms with Crippen LogP contribution in [-0.2, 0) is 16.6 Å². The number of hydrogen-bond acceptors (Lipinski definition) is 4. The molecule has 0 amide bonds. The molecule has 1 aromatic carbocycles. The largest absolute Gasteiger partial charge is 0.494 e. The number of para-hydroxylation sites is 1. The van der Waals surface area contributed by atoms with Crippen molar-refractivity contribution in [3.8, 4) is 5.75 Å². The summed E-state index contributed by atoms with van der Waals surface area (Å²) in [7, 11) is 0.198. The fraction of sp³-hybridized carbons (Fsp3) is 0.588. The summed E-state index contributed by atoms with van der Waals surface area (Å²) in [6.45, 7) is 5.94. The third-order valence-corrected chi connectivity index (χ3v) is 5.59. The van der Waals surface area contributed by atoms with Gasteiger partial charge < -0.3 is 15.4 Å². The van der Waals surface area contributed by atoms with E-state index in [0.717, 1.165) is 11.3 Å². The molecule has 0 unspecified atom stereocenters. The van der Waals surface area contributed by atoms with Crippen molar-refractivity contribution in [1.82, 2.24) is 14.9 Å². The number of rotatable bonds is 10. The van der Waals surface area contributed by atoms with Crippen LogP contribution in [0.4, 0.5) is 0 Å². The number of hydrogen-bond donors (Lipinski definition) is 2. The van der Waals surface area contributed by atoms with E-state index in [1.54, 1.807) is 21.0 Å². The minimum absolute atomic E-state index is 0. The van der Waals surface area contributed by atoms with Crippen molar-refractivity contribution in [1.29, 1.82) is 0 Å². The number of benzene rings is 1. The fourth-order valence-electron chi connectivity index (χ4n) is 2.21. The van der Waals surface area contributed by atoms with Gasteiger partial charge in [-0.1, -0.05) is 18.2 Å². The Balaban J connectivity index is 0.00000625. The van der Waals surface area contributed by atoms with Gasteiger partial charge in [0.1, 0.15) is 5.75 Å². The molecule has 0 atom stereocenters. The summed E-state index contributed by atoms with van der Waals surface area (Å²) in [6.07, 6.45) is 0.700. The van der Waals surface area contributed by atoms with Crippen LogP contribution in [0.15, 0.2) is 29.3 Å². The lowest BCUT2D eigenvalue weighted by molar-refractivity contribution is 0.336. The van der Waals surface area contributed by atoms with E-state index in [0.29, 0.717) is 38.6 Å². The number of nitrogens with zero attached hydrogens (tertiary/aromatic N) is 2. The van der Waals surface area contributed by atoms with Crippen molar-refractivity contribution in [3.05, 3.63) is 29.8 Å². The molecule has 0 aliphatic carbocycles. The second-order valence-electron chi connectivity index (χ2n) is 5.47. The summed E-state index contributed by atoms with van der Waals surface area (Å²) < 4.78 is 30.4. The second-order valence-corrected chi connectivity index (χ2v) is 7.83. The minimum Gasteiger partial charge on any atom is -0.494 e. The van der Waals surface area contributed by atoms with Crippen LogP contribution in [0.5, 0.6) is 5.75 Å². The molecule has 0 aliphatic heterocycles. The maximum atomic E-state index is 11.7. The summed E-state index contributed by atoms with van der Waals surface area (Å²) >= 11 is 0. The zero-order valence-electron chi connectivity index (χ0n) is 16.0. The highest BCUT2D eigenvalue weighted by Crippen LogP contribution is 2.17. The molecule has 9 heteroatoms. The monoisotopic (exact) mass is 498 g/mol. The number of ether oxygens (including phenoxy) is 1. The molecule has 0 saturated heterocycles. The average Bonchev–Trinajstić information content (AvgIpc) is 2.62. The zero-order valence-corrected chi connectivity index (χ0v) is 19.1. The van der Waals surface area contributed by atoms with Crippen LogP contribution in [-0.4, -0.2) is 58.2 Å². The molecule has 2 N–H and O–H groups in total. The molecule has 26 heavy (non-hydrogen) atoms. The molecule has 1 aromatic rings. The van der Waals surface area contributed by atoms with Crippen LogP contribution >= 0.6 is 24.0 Å². The van der Waals surface area contributed by atoms with Gasteiger partial charge in [-0.2, -0.15) is 0 Å². The zero-order chi connectivity index (χ0) is 18.7. The van der Waals surface area contributed by atoms with E-state index in [9.17, 15) is 8.42 Å². The summed E-state index contributed by atoms with van der Waals surface area (Å²) in [6, 6.07) is 7.87. The summed E-state index contributed by atoms with van der Waals surface area (Å²) in [5, 5.41) is 6.43. The minimum atomic E-state index is -3.12. The van der Waals surface area contributed by atoms with Gasteiger partial charge in [0.05, 0.1) is 12.4 Å². The topological polar surface area (TPSA) is 83.0 Å². The van der Waals surface area contributed by atoms with Gasteiger partial charge in [0.25, 0.3) is 0 Å². The second kappa shape index (κ2) is 13.2. The van der Waals surface area contributed by atoms with Crippen molar-refractivity contribution < 1.29 is 13.2 Å². The van der Waals surface area contributed by atoms with Gasteiger partial charge in [-0.05, 0) is 26.3 Å². The van der Waals surface area contributed by atoms with Crippen LogP contribution in [0, 0.1) is 0 Å². The van der Waals surface area contributed by atoms with Gasteiger partial charge in [-0.15, -0.1) is 24.0 Å². The van der Waals surface area contributed by atoms with Crippen molar-refractivity contribution in [2.45, 2.75) is 26.8 Å². The molecule has 0 bridgehead atoms. The summed E-state index contributed by atoms with van der Waals surface area (Å²) in [5.74, 6) is 1.66. The normalized spacial score (nSPS) is 11.8. The molecule has 0 aromatic heterocycles. The molecule has 0 radical (unpaired) electrons. The quantitative estimate of drug-likeness (QED) is 0.223. The number of sulfonamides is 1. The first-order chi connectivity index (χ1) is 11.9. The Kier molecular flexibility index (Phi) is 12.6. The molecule has 0 saturated carbocycles. The van der Waals surface area contributed by atoms with Crippen LogP contribution in [0.1, 0.15) is 25.8 Å². The van der Waals surface area contributed by atoms with E-state index in [4.69, 9.17) is 4.74 Å². The van der Waals surface area contributed by atoms with Gasteiger partial charge >= 0.3 is 0 Å². The van der Waals surface area contributed by atoms with Crippen molar-refractivity contribution in [2.75, 3.05) is 39.5 Å². The van der Waals surface area contributed by atoms with Gasteiger partial charge in [-0.25, -0.2) is 12.7 Å². The average molecular weight is 498 g/mol. The first-order valence-electron chi connectivity index (χ1n) is 8.53. The van der Waals surface area contributed by atoms with Crippen molar-refractivity contribution in [2.24, 2.45) is 4.99 Å². The molecule has 7 nitrogen and oxygen atoms in total.